The second-order valence-corrected chi connectivity index (χ2v) is 6.50. The molecule has 1 fully saturated rings. The Morgan fingerprint density at radius 3 is 2.60 bits per heavy atom. The van der Waals surface area contributed by atoms with Crippen molar-refractivity contribution in [2.45, 2.75) is 18.9 Å². The van der Waals surface area contributed by atoms with Gasteiger partial charge in [-0.2, -0.15) is 0 Å². The highest BCUT2D eigenvalue weighted by Gasteiger charge is 2.28. The number of hydrogen-bond donors (Lipinski definition) is 2. The van der Waals surface area contributed by atoms with E-state index in [1.165, 1.54) is 6.07 Å². The first-order chi connectivity index (χ1) is 12.2. The molecule has 1 heterocycles. The van der Waals surface area contributed by atoms with E-state index in [1.54, 1.807) is 23.1 Å². The van der Waals surface area contributed by atoms with Crippen molar-refractivity contribution in [1.82, 2.24) is 10.2 Å². The number of hydrogen-bond acceptors (Lipinski definition) is 2. The smallest absolute Gasteiger partial charge is 0.317 e. The molecule has 0 radical (unpaired) electrons. The Bertz CT molecular complexity index is 708. The van der Waals surface area contributed by atoms with Gasteiger partial charge in [0.1, 0.15) is 5.82 Å². The van der Waals surface area contributed by atoms with Crippen LogP contribution in [0.1, 0.15) is 23.6 Å². The predicted molar refractivity (Wildman–Crippen MR) is 94.6 cm³/mol. The molecule has 0 aromatic heterocycles. The minimum Gasteiger partial charge on any atom is -0.396 e. The minimum atomic E-state index is -0.440. The van der Waals surface area contributed by atoms with Crippen molar-refractivity contribution in [3.63, 3.8) is 0 Å². The fourth-order valence-electron chi connectivity index (χ4n) is 3.25. The summed E-state index contributed by atoms with van der Waals surface area (Å²) in [6.45, 7) is 1.24. The molecule has 4 nitrogen and oxygen atoms in total. The summed E-state index contributed by atoms with van der Waals surface area (Å²) < 4.78 is 14.3. The topological polar surface area (TPSA) is 52.6 Å². The molecule has 2 aromatic carbocycles. The summed E-state index contributed by atoms with van der Waals surface area (Å²) in [4.78, 5) is 14.3. The number of aliphatic hydroxyl groups is 1. The first kappa shape index (κ1) is 17.4. The lowest BCUT2D eigenvalue weighted by Crippen LogP contribution is -2.41. The lowest BCUT2D eigenvalue weighted by atomic mass is 9.98. The van der Waals surface area contributed by atoms with Crippen LogP contribution in [-0.2, 0) is 6.42 Å². The SMILES string of the molecule is O=C(N[C@@H](Cc1ccccc1)c1ccccc1F)N1CC[C@H](CO)C1. The van der Waals surface area contributed by atoms with Crippen LogP contribution < -0.4 is 5.32 Å². The Balaban J connectivity index is 1.77. The van der Waals surface area contributed by atoms with E-state index in [0.29, 0.717) is 25.1 Å². The molecular weight excluding hydrogens is 319 g/mol. The van der Waals surface area contributed by atoms with Gasteiger partial charge >= 0.3 is 6.03 Å². The van der Waals surface area contributed by atoms with Gasteiger partial charge in [0.05, 0.1) is 6.04 Å². The van der Waals surface area contributed by atoms with Crippen LogP contribution in [0.25, 0.3) is 0 Å². The summed E-state index contributed by atoms with van der Waals surface area (Å²) in [6.07, 6.45) is 1.32. The highest BCUT2D eigenvalue weighted by atomic mass is 19.1. The summed E-state index contributed by atoms with van der Waals surface area (Å²) in [5, 5.41) is 12.2. The molecule has 1 aliphatic rings. The first-order valence-corrected chi connectivity index (χ1v) is 8.62. The van der Waals surface area contributed by atoms with Crippen LogP contribution in [0.3, 0.4) is 0 Å². The zero-order chi connectivity index (χ0) is 17.6. The molecule has 2 amide bonds. The normalized spacial score (nSPS) is 18.2. The van der Waals surface area contributed by atoms with Gasteiger partial charge < -0.3 is 15.3 Å². The molecule has 2 N–H and O–H groups in total. The Morgan fingerprint density at radius 2 is 1.92 bits per heavy atom. The largest absolute Gasteiger partial charge is 0.396 e. The van der Waals surface area contributed by atoms with Crippen LogP contribution in [0, 0.1) is 11.7 Å². The van der Waals surface area contributed by atoms with Crippen molar-refractivity contribution in [1.29, 1.82) is 0 Å². The van der Waals surface area contributed by atoms with Crippen molar-refractivity contribution in [3.8, 4) is 0 Å². The summed E-state index contributed by atoms with van der Waals surface area (Å²) in [5.41, 5.74) is 1.52. The zero-order valence-electron chi connectivity index (χ0n) is 14.1. The molecule has 2 aromatic rings. The van der Waals surface area contributed by atoms with Crippen LogP contribution >= 0.6 is 0 Å². The number of rotatable bonds is 5. The fraction of sp³-hybridized carbons (Fsp3) is 0.350. The monoisotopic (exact) mass is 342 g/mol. The zero-order valence-corrected chi connectivity index (χ0v) is 14.1. The number of likely N-dealkylation sites (tertiary alicyclic amines) is 1. The molecule has 3 rings (SSSR count). The maximum absolute atomic E-state index is 14.3. The molecule has 2 atom stereocenters. The highest BCUT2D eigenvalue weighted by molar-refractivity contribution is 5.75. The number of carbonyl (C=O) groups excluding carboxylic acids is 1. The third kappa shape index (κ3) is 4.37. The van der Waals surface area contributed by atoms with Crippen LogP contribution in [-0.4, -0.2) is 35.7 Å². The molecule has 0 spiro atoms. The van der Waals surface area contributed by atoms with E-state index in [2.05, 4.69) is 5.32 Å². The van der Waals surface area contributed by atoms with Crippen molar-refractivity contribution in [2.75, 3.05) is 19.7 Å². The quantitative estimate of drug-likeness (QED) is 0.877. The summed E-state index contributed by atoms with van der Waals surface area (Å²) in [5.74, 6) is -0.190. The second-order valence-electron chi connectivity index (χ2n) is 6.50. The number of nitrogens with zero attached hydrogens (tertiary/aromatic N) is 1. The molecule has 0 saturated carbocycles. The maximum Gasteiger partial charge on any atom is 0.317 e. The van der Waals surface area contributed by atoms with E-state index in [0.717, 1.165) is 12.0 Å². The van der Waals surface area contributed by atoms with Gasteiger partial charge in [-0.15, -0.1) is 0 Å². The van der Waals surface area contributed by atoms with Crippen LogP contribution in [0.15, 0.2) is 54.6 Å². The van der Waals surface area contributed by atoms with Crippen molar-refractivity contribution in [2.24, 2.45) is 5.92 Å². The third-order valence-corrected chi connectivity index (χ3v) is 4.69. The highest BCUT2D eigenvalue weighted by Crippen LogP contribution is 2.23. The molecule has 0 bridgehead atoms. The Hall–Kier alpha value is -2.40. The van der Waals surface area contributed by atoms with Crippen LogP contribution in [0.4, 0.5) is 9.18 Å². The summed E-state index contributed by atoms with van der Waals surface area (Å²) in [7, 11) is 0. The Morgan fingerprint density at radius 1 is 1.20 bits per heavy atom. The molecule has 25 heavy (non-hydrogen) atoms. The number of urea groups is 1. The standard InChI is InChI=1S/C20H23FN2O2/c21-18-9-5-4-8-17(18)19(12-15-6-2-1-3-7-15)22-20(25)23-11-10-16(13-23)14-24/h1-9,16,19,24H,10-14H2,(H,22,25)/t16-,19-/m0/s1. The lowest BCUT2D eigenvalue weighted by molar-refractivity contribution is 0.194. The number of nitrogens with one attached hydrogen (secondary N) is 1. The van der Waals surface area contributed by atoms with E-state index in [1.807, 2.05) is 30.3 Å². The molecule has 132 valence electrons. The predicted octanol–water partition coefficient (Wildman–Crippen LogP) is 3.13. The van der Waals surface area contributed by atoms with Gasteiger partial charge in [0.2, 0.25) is 0 Å². The van der Waals surface area contributed by atoms with Crippen molar-refractivity contribution >= 4 is 6.03 Å². The van der Waals surface area contributed by atoms with Crippen molar-refractivity contribution in [3.05, 3.63) is 71.5 Å². The second kappa shape index (κ2) is 8.12. The fourth-order valence-corrected chi connectivity index (χ4v) is 3.25. The third-order valence-electron chi connectivity index (χ3n) is 4.69. The van der Waals surface area contributed by atoms with Gasteiger partial charge in [-0.1, -0.05) is 48.5 Å². The number of aliphatic hydroxyl groups excluding tert-OH is 1. The van der Waals surface area contributed by atoms with E-state index < -0.39 is 6.04 Å². The van der Waals surface area contributed by atoms with Gasteiger partial charge in [-0.3, -0.25) is 0 Å². The summed E-state index contributed by atoms with van der Waals surface area (Å²) >= 11 is 0. The lowest BCUT2D eigenvalue weighted by Gasteiger charge is -2.24. The average molecular weight is 342 g/mol. The number of carbonyl (C=O) groups is 1. The van der Waals surface area contributed by atoms with Crippen molar-refractivity contribution < 1.29 is 14.3 Å². The minimum absolute atomic E-state index is 0.0878. The van der Waals surface area contributed by atoms with Gasteiger partial charge in [0, 0.05) is 31.2 Å². The maximum atomic E-state index is 14.3. The van der Waals surface area contributed by atoms with E-state index in [-0.39, 0.29) is 24.4 Å². The van der Waals surface area contributed by atoms with Gasteiger partial charge in [-0.25, -0.2) is 9.18 Å². The Kier molecular flexibility index (Phi) is 5.66. The van der Waals surface area contributed by atoms with Crippen LogP contribution in [0.5, 0.6) is 0 Å². The molecule has 1 saturated heterocycles. The molecular formula is C20H23FN2O2. The van der Waals surface area contributed by atoms with Gasteiger partial charge in [0.15, 0.2) is 0 Å². The Labute approximate surface area is 147 Å². The van der Waals surface area contributed by atoms with E-state index >= 15 is 0 Å². The van der Waals surface area contributed by atoms with Gasteiger partial charge in [-0.05, 0) is 24.5 Å². The number of benzene rings is 2. The van der Waals surface area contributed by atoms with Gasteiger partial charge in [0.25, 0.3) is 0 Å². The van der Waals surface area contributed by atoms with E-state index in [9.17, 15) is 14.3 Å². The average Bonchev–Trinajstić information content (AvgIpc) is 3.12. The number of amides is 2. The molecule has 1 aliphatic heterocycles. The molecule has 5 heteroatoms. The number of halogens is 1. The van der Waals surface area contributed by atoms with E-state index in [4.69, 9.17) is 0 Å². The molecule has 0 unspecified atom stereocenters. The first-order valence-electron chi connectivity index (χ1n) is 8.62. The molecule has 0 aliphatic carbocycles. The van der Waals surface area contributed by atoms with Crippen LogP contribution in [0.2, 0.25) is 0 Å². The summed E-state index contributed by atoms with van der Waals surface area (Å²) in [6, 6.07) is 15.6.